The lowest BCUT2D eigenvalue weighted by molar-refractivity contribution is -0.0957. The van der Waals surface area contributed by atoms with E-state index in [4.69, 9.17) is 10.5 Å². The van der Waals surface area contributed by atoms with Gasteiger partial charge in [0, 0.05) is 5.69 Å². The second-order valence-electron chi connectivity index (χ2n) is 5.49. The number of hydrogen-bond donors (Lipinski definition) is 2. The third-order valence-electron chi connectivity index (χ3n) is 4.04. The van der Waals surface area contributed by atoms with Crippen molar-refractivity contribution in [2.24, 2.45) is 5.92 Å². The molecule has 1 aromatic carbocycles. The molecule has 1 saturated carbocycles. The van der Waals surface area contributed by atoms with Crippen molar-refractivity contribution in [2.75, 3.05) is 25.9 Å². The molecule has 5 heteroatoms. The molecule has 2 fully saturated rings. The molecule has 5 nitrogen and oxygen atoms in total. The number of ether oxygens (including phenoxy) is 1. The second-order valence-corrected chi connectivity index (χ2v) is 5.49. The van der Waals surface area contributed by atoms with Crippen LogP contribution in [0.4, 0.5) is 5.69 Å². The van der Waals surface area contributed by atoms with Crippen molar-refractivity contribution in [3.05, 3.63) is 23.8 Å². The largest absolute Gasteiger partial charge is 0.497 e. The van der Waals surface area contributed by atoms with Crippen LogP contribution in [0.25, 0.3) is 0 Å². The van der Waals surface area contributed by atoms with Gasteiger partial charge in [0.2, 0.25) is 0 Å². The Labute approximate surface area is 112 Å². The molecule has 3 N–H and O–H groups in total. The normalized spacial score (nSPS) is 20.8. The number of nitrogens with two attached hydrogens (primary N) is 1. The predicted octanol–water partition coefficient (Wildman–Crippen LogP) is 0.874. The molecule has 0 unspecified atom stereocenters. The summed E-state index contributed by atoms with van der Waals surface area (Å²) in [6, 6.07) is 5.04. The summed E-state index contributed by atoms with van der Waals surface area (Å²) >= 11 is 0. The van der Waals surface area contributed by atoms with Crippen LogP contribution in [0.3, 0.4) is 0 Å². The van der Waals surface area contributed by atoms with E-state index in [1.165, 1.54) is 0 Å². The quantitative estimate of drug-likeness (QED) is 0.793. The molecule has 0 radical (unpaired) electrons. The molecule has 0 atom stereocenters. The lowest BCUT2D eigenvalue weighted by Gasteiger charge is -2.47. The van der Waals surface area contributed by atoms with Gasteiger partial charge in [-0.3, -0.25) is 4.79 Å². The Hall–Kier alpha value is -1.75. The molecule has 0 aromatic heterocycles. The highest BCUT2D eigenvalue weighted by Crippen LogP contribution is 2.45. The number of β-amino-alcohol motifs (C(OH)–C–C–N with tert-alkyl or cyclic N) is 1. The van der Waals surface area contributed by atoms with Gasteiger partial charge in [0.05, 0.1) is 25.8 Å². The van der Waals surface area contributed by atoms with Gasteiger partial charge in [-0.25, -0.2) is 0 Å². The molecule has 3 rings (SSSR count). The Morgan fingerprint density at radius 3 is 2.74 bits per heavy atom. The highest BCUT2D eigenvalue weighted by molar-refractivity contribution is 6.00. The molecule has 1 saturated heterocycles. The molecule has 19 heavy (non-hydrogen) atoms. The van der Waals surface area contributed by atoms with Gasteiger partial charge in [0.1, 0.15) is 11.4 Å². The molecular formula is C14H18N2O3. The van der Waals surface area contributed by atoms with Gasteiger partial charge in [0.25, 0.3) is 5.91 Å². The molecule has 1 aromatic rings. The van der Waals surface area contributed by atoms with Crippen molar-refractivity contribution < 1.29 is 14.6 Å². The van der Waals surface area contributed by atoms with Crippen molar-refractivity contribution in [1.29, 1.82) is 0 Å². The summed E-state index contributed by atoms with van der Waals surface area (Å²) in [5.41, 5.74) is 6.05. The summed E-state index contributed by atoms with van der Waals surface area (Å²) in [5.74, 6) is 0.844. The van der Waals surface area contributed by atoms with E-state index in [1.54, 1.807) is 30.2 Å². The van der Waals surface area contributed by atoms with Gasteiger partial charge in [-0.15, -0.1) is 0 Å². The second kappa shape index (κ2) is 4.13. The fourth-order valence-electron chi connectivity index (χ4n) is 2.66. The van der Waals surface area contributed by atoms with Crippen LogP contribution in [-0.4, -0.2) is 41.7 Å². The first-order valence-electron chi connectivity index (χ1n) is 6.49. The zero-order chi connectivity index (χ0) is 13.6. The van der Waals surface area contributed by atoms with E-state index < -0.39 is 5.60 Å². The van der Waals surface area contributed by atoms with E-state index >= 15 is 0 Å². The maximum absolute atomic E-state index is 12.3. The minimum atomic E-state index is -0.663. The standard InChI is InChI=1S/C14H18N2O3/c1-19-10-4-5-12(15)11(6-10)13(17)16-7-14(18,8-16)9-2-3-9/h4-6,9,18H,2-3,7-8,15H2,1H3. The van der Waals surface area contributed by atoms with Gasteiger partial charge < -0.3 is 20.5 Å². The Balaban J connectivity index is 1.74. The molecule has 1 aliphatic heterocycles. The van der Waals surface area contributed by atoms with E-state index in [2.05, 4.69) is 0 Å². The Bertz CT molecular complexity index is 519. The highest BCUT2D eigenvalue weighted by atomic mass is 16.5. The van der Waals surface area contributed by atoms with Crippen molar-refractivity contribution in [2.45, 2.75) is 18.4 Å². The Morgan fingerprint density at radius 2 is 2.16 bits per heavy atom. The smallest absolute Gasteiger partial charge is 0.256 e. The van der Waals surface area contributed by atoms with Crippen molar-refractivity contribution >= 4 is 11.6 Å². The average molecular weight is 262 g/mol. The van der Waals surface area contributed by atoms with Crippen LogP contribution in [0.1, 0.15) is 23.2 Å². The van der Waals surface area contributed by atoms with Crippen molar-refractivity contribution in [1.82, 2.24) is 4.90 Å². The van der Waals surface area contributed by atoms with Gasteiger partial charge >= 0.3 is 0 Å². The topological polar surface area (TPSA) is 75.8 Å². The molecule has 1 amide bonds. The summed E-state index contributed by atoms with van der Waals surface area (Å²) in [6.45, 7) is 0.820. The van der Waals surface area contributed by atoms with Gasteiger partial charge in [-0.1, -0.05) is 0 Å². The molecule has 0 bridgehead atoms. The molecule has 0 spiro atoms. The number of methoxy groups -OCH3 is 1. The van der Waals surface area contributed by atoms with Crippen LogP contribution in [0, 0.1) is 5.92 Å². The first kappa shape index (κ1) is 12.3. The van der Waals surface area contributed by atoms with E-state index in [0.29, 0.717) is 36.0 Å². The van der Waals surface area contributed by atoms with E-state index in [-0.39, 0.29) is 5.91 Å². The number of carbonyl (C=O) groups excluding carboxylic acids is 1. The fourth-order valence-corrected chi connectivity index (χ4v) is 2.66. The lowest BCUT2D eigenvalue weighted by atomic mass is 9.88. The molecular weight excluding hydrogens is 244 g/mol. The van der Waals surface area contributed by atoms with Crippen LogP contribution in [0.15, 0.2) is 18.2 Å². The zero-order valence-corrected chi connectivity index (χ0v) is 10.9. The minimum absolute atomic E-state index is 0.137. The van der Waals surface area contributed by atoms with Crippen LogP contribution < -0.4 is 10.5 Å². The number of nitrogens with zero attached hydrogens (tertiary/aromatic N) is 1. The summed E-state index contributed by atoms with van der Waals surface area (Å²) in [4.78, 5) is 14.0. The molecule has 102 valence electrons. The van der Waals surface area contributed by atoms with E-state index in [0.717, 1.165) is 12.8 Å². The summed E-state index contributed by atoms with van der Waals surface area (Å²) in [5, 5.41) is 10.2. The third-order valence-corrected chi connectivity index (χ3v) is 4.04. The Morgan fingerprint density at radius 1 is 1.47 bits per heavy atom. The van der Waals surface area contributed by atoms with Gasteiger partial charge in [0.15, 0.2) is 0 Å². The summed E-state index contributed by atoms with van der Waals surface area (Å²) in [7, 11) is 1.55. The highest BCUT2D eigenvalue weighted by Gasteiger charge is 2.53. The number of benzene rings is 1. The summed E-state index contributed by atoms with van der Waals surface area (Å²) < 4.78 is 5.10. The third kappa shape index (κ3) is 2.04. The van der Waals surface area contributed by atoms with Crippen LogP contribution in [0.2, 0.25) is 0 Å². The SMILES string of the molecule is COc1ccc(N)c(C(=O)N2CC(O)(C3CC3)C2)c1. The number of likely N-dealkylation sites (tertiary alicyclic amines) is 1. The van der Waals surface area contributed by atoms with Gasteiger partial charge in [-0.05, 0) is 37.0 Å². The van der Waals surface area contributed by atoms with Crippen LogP contribution in [0.5, 0.6) is 5.75 Å². The fraction of sp³-hybridized carbons (Fsp3) is 0.500. The number of nitrogen functional groups attached to an aromatic ring is 1. The minimum Gasteiger partial charge on any atom is -0.497 e. The number of aliphatic hydroxyl groups is 1. The Kier molecular flexibility index (Phi) is 2.67. The van der Waals surface area contributed by atoms with Crippen molar-refractivity contribution in [3.8, 4) is 5.75 Å². The van der Waals surface area contributed by atoms with Crippen molar-refractivity contribution in [3.63, 3.8) is 0 Å². The van der Waals surface area contributed by atoms with Crippen LogP contribution in [-0.2, 0) is 0 Å². The number of carbonyl (C=O) groups is 1. The van der Waals surface area contributed by atoms with Crippen LogP contribution >= 0.6 is 0 Å². The number of hydrogen-bond acceptors (Lipinski definition) is 4. The number of amides is 1. The number of anilines is 1. The zero-order valence-electron chi connectivity index (χ0n) is 10.9. The van der Waals surface area contributed by atoms with E-state index in [9.17, 15) is 9.90 Å². The monoisotopic (exact) mass is 262 g/mol. The van der Waals surface area contributed by atoms with Gasteiger partial charge in [-0.2, -0.15) is 0 Å². The lowest BCUT2D eigenvalue weighted by Crippen LogP contribution is -2.64. The maximum atomic E-state index is 12.3. The van der Waals surface area contributed by atoms with E-state index in [1.807, 2.05) is 0 Å². The molecule has 1 aliphatic carbocycles. The molecule has 2 aliphatic rings. The first-order valence-corrected chi connectivity index (χ1v) is 6.49. The maximum Gasteiger partial charge on any atom is 0.256 e. The summed E-state index contributed by atoms with van der Waals surface area (Å²) in [6.07, 6.45) is 2.14. The first-order chi connectivity index (χ1) is 9.03. The average Bonchev–Trinajstić information content (AvgIpc) is 3.19. The molecule has 1 heterocycles. The predicted molar refractivity (Wildman–Crippen MR) is 71.0 cm³/mol. The number of rotatable bonds is 3.